The van der Waals surface area contributed by atoms with Crippen LogP contribution in [-0.2, 0) is 24.0 Å². The summed E-state index contributed by atoms with van der Waals surface area (Å²) in [6, 6.07) is -3.17. The van der Waals surface area contributed by atoms with Crippen LogP contribution in [0.5, 0.6) is 0 Å². The second-order valence-electron chi connectivity index (χ2n) is 5.27. The van der Waals surface area contributed by atoms with Gasteiger partial charge in [0, 0.05) is 12.8 Å². The van der Waals surface area contributed by atoms with Gasteiger partial charge in [0.05, 0.1) is 12.0 Å². The maximum absolute atomic E-state index is 12.0. The first-order valence-electron chi connectivity index (χ1n) is 7.10. The van der Waals surface area contributed by atoms with Crippen molar-refractivity contribution < 1.29 is 29.1 Å². The van der Waals surface area contributed by atoms with Gasteiger partial charge >= 0.3 is 0 Å². The van der Waals surface area contributed by atoms with Crippen molar-refractivity contribution in [1.82, 2.24) is 16.0 Å². The van der Waals surface area contributed by atoms with E-state index >= 15 is 0 Å². The van der Waals surface area contributed by atoms with Crippen LogP contribution in [0, 0.1) is 0 Å². The van der Waals surface area contributed by atoms with Gasteiger partial charge in [0.1, 0.15) is 12.1 Å². The number of amides is 4. The maximum atomic E-state index is 12.0. The van der Waals surface area contributed by atoms with E-state index in [4.69, 9.17) is 5.73 Å². The molecule has 0 saturated carbocycles. The molecule has 0 aromatic heterocycles. The summed E-state index contributed by atoms with van der Waals surface area (Å²) in [4.78, 5) is 56.7. The highest BCUT2D eigenvalue weighted by Gasteiger charge is 2.30. The van der Waals surface area contributed by atoms with Gasteiger partial charge in [0.15, 0.2) is 0 Å². The van der Waals surface area contributed by atoms with E-state index in [9.17, 15) is 29.1 Å². The van der Waals surface area contributed by atoms with Crippen LogP contribution in [-0.4, -0.2) is 47.7 Å². The molecule has 1 aliphatic rings. The summed E-state index contributed by atoms with van der Waals surface area (Å²) < 4.78 is 0. The Hall–Kier alpha value is -2.65. The third-order valence-corrected chi connectivity index (χ3v) is 3.34. The van der Waals surface area contributed by atoms with Gasteiger partial charge in [-0.1, -0.05) is 0 Å². The van der Waals surface area contributed by atoms with Gasteiger partial charge in [-0.3, -0.25) is 19.2 Å². The number of primary amides is 1. The smallest absolute Gasteiger partial charge is 0.243 e. The van der Waals surface area contributed by atoms with Gasteiger partial charge in [-0.2, -0.15) is 0 Å². The molecule has 10 heteroatoms. The van der Waals surface area contributed by atoms with Crippen LogP contribution < -0.4 is 26.8 Å². The summed E-state index contributed by atoms with van der Waals surface area (Å²) in [6.45, 7) is 1.21. The SMILES string of the molecule is C[C@H](NC(=O)[C@H](CCC(N)=O)NC(=O)[C@@H]1CCC(=O)N1)C(=O)[O-]. The number of carboxylic acids is 1. The summed E-state index contributed by atoms with van der Waals surface area (Å²) in [5.41, 5.74) is 5.02. The molecule has 0 spiro atoms. The van der Waals surface area contributed by atoms with Crippen LogP contribution in [0.1, 0.15) is 32.6 Å². The number of carbonyl (C=O) groups excluding carboxylic acids is 5. The molecule has 1 fully saturated rings. The Kier molecular flexibility index (Phi) is 6.49. The number of hydrogen-bond donors (Lipinski definition) is 4. The topological polar surface area (TPSA) is 171 Å². The molecular formula is C13H19N4O6-. The lowest BCUT2D eigenvalue weighted by Crippen LogP contribution is -2.55. The standard InChI is InChI=1S/C13H20N4O6/c1-6(13(22)23)15-11(20)8(2-4-9(14)18)17-12(21)7-3-5-10(19)16-7/h6-8H,2-5H2,1H3,(H2,14,18)(H,15,20)(H,16,19)(H,17,21)(H,22,23)/p-1/t6-,7-,8-/m0/s1. The van der Waals surface area contributed by atoms with E-state index in [1.54, 1.807) is 0 Å². The van der Waals surface area contributed by atoms with E-state index in [0.29, 0.717) is 6.42 Å². The Morgan fingerprint density at radius 3 is 2.48 bits per heavy atom. The van der Waals surface area contributed by atoms with Crippen LogP contribution in [0.4, 0.5) is 0 Å². The summed E-state index contributed by atoms with van der Waals surface area (Å²) in [5.74, 6) is -3.78. The van der Waals surface area contributed by atoms with E-state index in [1.807, 2.05) is 0 Å². The number of nitrogens with one attached hydrogen (secondary N) is 3. The van der Waals surface area contributed by atoms with Gasteiger partial charge in [0.2, 0.25) is 23.6 Å². The zero-order valence-electron chi connectivity index (χ0n) is 12.6. The summed E-state index contributed by atoms with van der Waals surface area (Å²) in [6.07, 6.45) is 0.241. The average molecular weight is 327 g/mol. The molecule has 128 valence electrons. The molecule has 1 saturated heterocycles. The number of carboxylic acid groups (broad SMARTS) is 1. The molecule has 0 bridgehead atoms. The fourth-order valence-electron chi connectivity index (χ4n) is 2.01. The molecule has 3 atom stereocenters. The van der Waals surface area contributed by atoms with Crippen molar-refractivity contribution in [3.8, 4) is 0 Å². The Morgan fingerprint density at radius 1 is 1.35 bits per heavy atom. The maximum Gasteiger partial charge on any atom is 0.243 e. The molecule has 0 aromatic carbocycles. The molecule has 1 aliphatic heterocycles. The van der Waals surface area contributed by atoms with Crippen LogP contribution in [0.15, 0.2) is 0 Å². The zero-order chi connectivity index (χ0) is 17.6. The summed E-state index contributed by atoms with van der Waals surface area (Å²) in [5, 5.41) is 17.6. The molecule has 0 unspecified atom stereocenters. The number of rotatable bonds is 8. The highest BCUT2D eigenvalue weighted by atomic mass is 16.4. The van der Waals surface area contributed by atoms with Crippen LogP contribution >= 0.6 is 0 Å². The number of hydrogen-bond acceptors (Lipinski definition) is 6. The average Bonchev–Trinajstić information content (AvgIpc) is 2.89. The highest BCUT2D eigenvalue weighted by Crippen LogP contribution is 2.08. The highest BCUT2D eigenvalue weighted by molar-refractivity contribution is 5.94. The van der Waals surface area contributed by atoms with Crippen LogP contribution in [0.2, 0.25) is 0 Å². The van der Waals surface area contributed by atoms with Crippen molar-refractivity contribution in [3.05, 3.63) is 0 Å². The van der Waals surface area contributed by atoms with E-state index < -0.39 is 41.8 Å². The molecule has 4 amide bonds. The summed E-state index contributed by atoms with van der Waals surface area (Å²) >= 11 is 0. The molecule has 10 nitrogen and oxygen atoms in total. The van der Waals surface area contributed by atoms with Crippen molar-refractivity contribution in [2.24, 2.45) is 5.73 Å². The summed E-state index contributed by atoms with van der Waals surface area (Å²) in [7, 11) is 0. The monoisotopic (exact) mass is 327 g/mol. The van der Waals surface area contributed by atoms with Gasteiger partial charge in [-0.05, 0) is 19.8 Å². The lowest BCUT2D eigenvalue weighted by molar-refractivity contribution is -0.307. The molecule has 23 heavy (non-hydrogen) atoms. The molecular weight excluding hydrogens is 308 g/mol. The van der Waals surface area contributed by atoms with Gasteiger partial charge in [-0.15, -0.1) is 0 Å². The first-order chi connectivity index (χ1) is 10.7. The van der Waals surface area contributed by atoms with Crippen molar-refractivity contribution in [2.45, 2.75) is 50.7 Å². The first kappa shape index (κ1) is 18.4. The van der Waals surface area contributed by atoms with Crippen LogP contribution in [0.25, 0.3) is 0 Å². The minimum absolute atomic E-state index is 0.0899. The number of carbonyl (C=O) groups is 5. The van der Waals surface area contributed by atoms with Gasteiger partial charge in [-0.25, -0.2) is 0 Å². The van der Waals surface area contributed by atoms with E-state index in [-0.39, 0.29) is 25.2 Å². The minimum Gasteiger partial charge on any atom is -0.548 e. The Bertz CT molecular complexity index is 521. The predicted molar refractivity (Wildman–Crippen MR) is 74.1 cm³/mol. The van der Waals surface area contributed by atoms with Gasteiger partial charge in [0.25, 0.3) is 0 Å². The van der Waals surface area contributed by atoms with E-state index in [1.165, 1.54) is 6.92 Å². The molecule has 1 heterocycles. The van der Waals surface area contributed by atoms with Crippen molar-refractivity contribution >= 4 is 29.6 Å². The van der Waals surface area contributed by atoms with E-state index in [0.717, 1.165) is 0 Å². The first-order valence-corrected chi connectivity index (χ1v) is 7.10. The van der Waals surface area contributed by atoms with Crippen molar-refractivity contribution in [3.63, 3.8) is 0 Å². The fraction of sp³-hybridized carbons (Fsp3) is 0.615. The molecule has 1 rings (SSSR count). The Labute approximate surface area is 132 Å². The lowest BCUT2D eigenvalue weighted by Gasteiger charge is -2.22. The predicted octanol–water partition coefficient (Wildman–Crippen LogP) is -3.73. The third kappa shape index (κ3) is 5.93. The Balaban J connectivity index is 2.68. The van der Waals surface area contributed by atoms with Crippen LogP contribution in [0.3, 0.4) is 0 Å². The zero-order valence-corrected chi connectivity index (χ0v) is 12.6. The van der Waals surface area contributed by atoms with Crippen molar-refractivity contribution in [1.29, 1.82) is 0 Å². The third-order valence-electron chi connectivity index (χ3n) is 3.34. The lowest BCUT2D eigenvalue weighted by atomic mass is 10.1. The van der Waals surface area contributed by atoms with Gasteiger partial charge < -0.3 is 31.6 Å². The van der Waals surface area contributed by atoms with E-state index in [2.05, 4.69) is 16.0 Å². The number of nitrogens with two attached hydrogens (primary N) is 1. The molecule has 0 radical (unpaired) electrons. The quantitative estimate of drug-likeness (QED) is 0.357. The largest absolute Gasteiger partial charge is 0.548 e. The second-order valence-corrected chi connectivity index (χ2v) is 5.27. The molecule has 5 N–H and O–H groups in total. The van der Waals surface area contributed by atoms with Crippen molar-refractivity contribution in [2.75, 3.05) is 0 Å². The fourth-order valence-corrected chi connectivity index (χ4v) is 2.01. The minimum atomic E-state index is -1.48. The number of aliphatic carboxylic acids is 1. The second kappa shape index (κ2) is 8.11. The molecule has 0 aromatic rings. The normalized spacial score (nSPS) is 19.3. The molecule has 0 aliphatic carbocycles. The Morgan fingerprint density at radius 2 is 2.00 bits per heavy atom.